The Morgan fingerprint density at radius 3 is 2.48 bits per heavy atom. The van der Waals surface area contributed by atoms with Crippen LogP contribution in [0.4, 0.5) is 5.69 Å². The van der Waals surface area contributed by atoms with Gasteiger partial charge in [-0.1, -0.05) is 55.0 Å². The van der Waals surface area contributed by atoms with Crippen molar-refractivity contribution in [1.29, 1.82) is 0 Å². The Hall–Kier alpha value is -2.96. The predicted octanol–water partition coefficient (Wildman–Crippen LogP) is 4.75. The van der Waals surface area contributed by atoms with Crippen LogP contribution in [0.2, 0.25) is 0 Å². The second-order valence-electron chi connectivity index (χ2n) is 8.82. The van der Waals surface area contributed by atoms with Crippen molar-refractivity contribution < 1.29 is 9.21 Å². The molecule has 174 valence electrons. The number of aromatic nitrogens is 1. The third-order valence-corrected chi connectivity index (χ3v) is 6.01. The summed E-state index contributed by atoms with van der Waals surface area (Å²) in [6.45, 7) is 8.96. The zero-order valence-corrected chi connectivity index (χ0v) is 19.7. The van der Waals surface area contributed by atoms with E-state index in [1.54, 1.807) is 0 Å². The number of hydrogen-bond acceptors (Lipinski definition) is 5. The lowest BCUT2D eigenvalue weighted by Gasteiger charge is -2.20. The summed E-state index contributed by atoms with van der Waals surface area (Å²) in [6.07, 6.45) is 2.94. The van der Waals surface area contributed by atoms with Crippen LogP contribution < -0.4 is 5.32 Å². The van der Waals surface area contributed by atoms with Gasteiger partial charge in [-0.25, -0.2) is 4.98 Å². The van der Waals surface area contributed by atoms with Crippen molar-refractivity contribution >= 4 is 11.6 Å². The van der Waals surface area contributed by atoms with Gasteiger partial charge in [0.25, 0.3) is 0 Å². The average Bonchev–Trinajstić information content (AvgIpc) is 3.08. The normalized spacial score (nSPS) is 15.3. The zero-order chi connectivity index (χ0) is 23.0. The Morgan fingerprint density at radius 2 is 1.73 bits per heavy atom. The molecular weight excluding hydrogens is 412 g/mol. The number of anilines is 1. The highest BCUT2D eigenvalue weighted by molar-refractivity contribution is 5.92. The molecule has 0 unspecified atom stereocenters. The first kappa shape index (κ1) is 23.2. The molecule has 6 heteroatoms. The number of rotatable bonds is 8. The molecule has 1 fully saturated rings. The minimum atomic E-state index is 0.0386. The predicted molar refractivity (Wildman–Crippen MR) is 132 cm³/mol. The lowest BCUT2D eigenvalue weighted by atomic mass is 10.1. The first-order chi connectivity index (χ1) is 16.1. The highest BCUT2D eigenvalue weighted by Crippen LogP contribution is 2.26. The lowest BCUT2D eigenvalue weighted by molar-refractivity contribution is -0.117. The molecule has 0 atom stereocenters. The van der Waals surface area contributed by atoms with E-state index in [9.17, 15) is 4.79 Å². The van der Waals surface area contributed by atoms with Gasteiger partial charge in [-0.2, -0.15) is 0 Å². The third-order valence-electron chi connectivity index (χ3n) is 6.01. The van der Waals surface area contributed by atoms with E-state index in [1.807, 2.05) is 49.4 Å². The van der Waals surface area contributed by atoms with E-state index in [0.717, 1.165) is 74.0 Å². The molecule has 0 bridgehead atoms. The maximum atomic E-state index is 12.5. The Bertz CT molecular complexity index is 1030. The van der Waals surface area contributed by atoms with Gasteiger partial charge in [0.05, 0.1) is 13.1 Å². The van der Waals surface area contributed by atoms with Crippen LogP contribution in [0.3, 0.4) is 0 Å². The quantitative estimate of drug-likeness (QED) is 0.541. The van der Waals surface area contributed by atoms with Gasteiger partial charge in [0.2, 0.25) is 11.8 Å². The van der Waals surface area contributed by atoms with Crippen LogP contribution in [-0.2, 0) is 17.8 Å². The van der Waals surface area contributed by atoms with Crippen LogP contribution in [0.1, 0.15) is 37.0 Å². The topological polar surface area (TPSA) is 61.6 Å². The van der Waals surface area contributed by atoms with E-state index in [4.69, 9.17) is 9.40 Å². The Labute approximate surface area is 196 Å². The van der Waals surface area contributed by atoms with E-state index in [1.165, 1.54) is 5.56 Å². The molecule has 0 aliphatic carbocycles. The summed E-state index contributed by atoms with van der Waals surface area (Å²) in [4.78, 5) is 22.0. The number of oxazole rings is 1. The van der Waals surface area contributed by atoms with E-state index >= 15 is 0 Å². The monoisotopic (exact) mass is 446 g/mol. The van der Waals surface area contributed by atoms with Crippen LogP contribution in [0.15, 0.2) is 59.0 Å². The molecular formula is C27H34N4O2. The second-order valence-corrected chi connectivity index (χ2v) is 8.82. The molecule has 2 heterocycles. The van der Waals surface area contributed by atoms with Gasteiger partial charge >= 0.3 is 0 Å². The van der Waals surface area contributed by atoms with Gasteiger partial charge in [-0.15, -0.1) is 0 Å². The average molecular weight is 447 g/mol. The summed E-state index contributed by atoms with van der Waals surface area (Å²) in [6, 6.07) is 18.2. The summed E-state index contributed by atoms with van der Waals surface area (Å²) in [5, 5.41) is 3.01. The van der Waals surface area contributed by atoms with Crippen molar-refractivity contribution in [1.82, 2.24) is 14.8 Å². The molecule has 1 N–H and O–H groups in total. The number of hydrogen-bond donors (Lipinski definition) is 1. The fraction of sp³-hybridized carbons (Fsp3) is 0.407. The van der Waals surface area contributed by atoms with Crippen molar-refractivity contribution in [3.05, 3.63) is 71.8 Å². The smallest absolute Gasteiger partial charge is 0.238 e. The SMILES string of the molecule is CCCc1oc(CN2CCCN(CC(=O)Nc3ccc(C)cc3)CC2)nc1-c1ccccc1. The maximum Gasteiger partial charge on any atom is 0.238 e. The summed E-state index contributed by atoms with van der Waals surface area (Å²) in [5.41, 5.74) is 4.11. The van der Waals surface area contributed by atoms with Crippen LogP contribution in [0.5, 0.6) is 0 Å². The van der Waals surface area contributed by atoms with E-state index < -0.39 is 0 Å². The number of nitrogens with one attached hydrogen (secondary N) is 1. The molecule has 1 aromatic heterocycles. The zero-order valence-electron chi connectivity index (χ0n) is 19.7. The minimum Gasteiger partial charge on any atom is -0.444 e. The molecule has 3 aromatic rings. The standard InChI is InChI=1S/C27H34N4O2/c1-3-8-24-27(22-9-5-4-6-10-22)29-26(33-24)20-31-16-7-15-30(17-18-31)19-25(32)28-23-13-11-21(2)12-14-23/h4-6,9-14H,3,7-8,15-20H2,1-2H3,(H,28,32). The molecule has 1 aliphatic rings. The van der Waals surface area contributed by atoms with Gasteiger partial charge in [0.1, 0.15) is 11.5 Å². The Morgan fingerprint density at radius 1 is 1.00 bits per heavy atom. The van der Waals surface area contributed by atoms with Crippen molar-refractivity contribution in [3.8, 4) is 11.3 Å². The van der Waals surface area contributed by atoms with Gasteiger partial charge in [0, 0.05) is 30.8 Å². The molecule has 1 amide bonds. The summed E-state index contributed by atoms with van der Waals surface area (Å²) < 4.78 is 6.19. The van der Waals surface area contributed by atoms with E-state index in [0.29, 0.717) is 13.1 Å². The fourth-order valence-corrected chi connectivity index (χ4v) is 4.26. The number of aryl methyl sites for hydroxylation is 2. The summed E-state index contributed by atoms with van der Waals surface area (Å²) >= 11 is 0. The van der Waals surface area contributed by atoms with Crippen molar-refractivity contribution in [2.24, 2.45) is 0 Å². The highest BCUT2D eigenvalue weighted by atomic mass is 16.4. The van der Waals surface area contributed by atoms with Crippen LogP contribution >= 0.6 is 0 Å². The third kappa shape index (κ3) is 6.53. The number of benzene rings is 2. The molecule has 1 aliphatic heterocycles. The Balaban J connectivity index is 1.32. The second kappa shape index (κ2) is 11.3. The van der Waals surface area contributed by atoms with Crippen molar-refractivity contribution in [3.63, 3.8) is 0 Å². The molecule has 33 heavy (non-hydrogen) atoms. The van der Waals surface area contributed by atoms with Crippen molar-refractivity contribution in [2.45, 2.75) is 39.7 Å². The van der Waals surface area contributed by atoms with Crippen LogP contribution in [0, 0.1) is 6.92 Å². The summed E-state index contributed by atoms with van der Waals surface area (Å²) in [5.74, 6) is 1.79. The van der Waals surface area contributed by atoms with Gasteiger partial charge < -0.3 is 9.73 Å². The summed E-state index contributed by atoms with van der Waals surface area (Å²) in [7, 11) is 0. The minimum absolute atomic E-state index is 0.0386. The number of carbonyl (C=O) groups is 1. The molecule has 6 nitrogen and oxygen atoms in total. The number of amides is 1. The van der Waals surface area contributed by atoms with Crippen LogP contribution in [-0.4, -0.2) is 53.4 Å². The van der Waals surface area contributed by atoms with E-state index in [-0.39, 0.29) is 5.91 Å². The molecule has 1 saturated heterocycles. The highest BCUT2D eigenvalue weighted by Gasteiger charge is 2.20. The fourth-order valence-electron chi connectivity index (χ4n) is 4.26. The maximum absolute atomic E-state index is 12.5. The first-order valence-corrected chi connectivity index (χ1v) is 12.0. The molecule has 0 spiro atoms. The van der Waals surface area contributed by atoms with Gasteiger partial charge in [-0.3, -0.25) is 14.6 Å². The van der Waals surface area contributed by atoms with E-state index in [2.05, 4.69) is 34.2 Å². The van der Waals surface area contributed by atoms with Crippen molar-refractivity contribution in [2.75, 3.05) is 38.0 Å². The molecule has 2 aromatic carbocycles. The number of nitrogens with zero attached hydrogens (tertiary/aromatic N) is 3. The Kier molecular flexibility index (Phi) is 7.92. The number of carbonyl (C=O) groups excluding carboxylic acids is 1. The lowest BCUT2D eigenvalue weighted by Crippen LogP contribution is -2.36. The molecule has 0 saturated carbocycles. The van der Waals surface area contributed by atoms with Gasteiger partial charge in [-0.05, 0) is 45.0 Å². The first-order valence-electron chi connectivity index (χ1n) is 12.0. The largest absolute Gasteiger partial charge is 0.444 e. The molecule has 0 radical (unpaired) electrons. The molecule has 4 rings (SSSR count). The van der Waals surface area contributed by atoms with Crippen LogP contribution in [0.25, 0.3) is 11.3 Å². The van der Waals surface area contributed by atoms with Gasteiger partial charge in [0.15, 0.2) is 0 Å².